The molecular formula is C24H29N3O. The van der Waals surface area contributed by atoms with Crippen LogP contribution in [0.3, 0.4) is 0 Å². The summed E-state index contributed by atoms with van der Waals surface area (Å²) in [6, 6.07) is 9.67. The smallest absolute Gasteiger partial charge is 0.106 e. The molecule has 2 aromatic heterocycles. The van der Waals surface area contributed by atoms with Crippen LogP contribution in [0.2, 0.25) is 0 Å². The van der Waals surface area contributed by atoms with Crippen LogP contribution in [0.15, 0.2) is 36.7 Å². The lowest BCUT2D eigenvalue weighted by Gasteiger charge is -2.33. The normalized spacial score (nSPS) is 23.8. The first-order chi connectivity index (χ1) is 13.4. The van der Waals surface area contributed by atoms with Crippen molar-refractivity contribution in [2.24, 2.45) is 0 Å². The van der Waals surface area contributed by atoms with Crippen molar-refractivity contribution in [3.05, 3.63) is 64.6 Å². The monoisotopic (exact) mass is 375 g/mol. The van der Waals surface area contributed by atoms with Gasteiger partial charge in [0.2, 0.25) is 0 Å². The van der Waals surface area contributed by atoms with E-state index in [2.05, 4.69) is 47.5 Å². The first-order valence-corrected chi connectivity index (χ1v) is 10.3. The first-order valence-electron chi connectivity index (χ1n) is 10.3. The highest BCUT2D eigenvalue weighted by Crippen LogP contribution is 2.47. The van der Waals surface area contributed by atoms with Gasteiger partial charge in [0, 0.05) is 53.1 Å². The maximum atomic E-state index is 11.4. The molecule has 5 rings (SSSR count). The Hall–Kier alpha value is -2.17. The number of nitrogens with zero attached hydrogens (tertiary/aromatic N) is 3. The molecule has 0 radical (unpaired) electrons. The third kappa shape index (κ3) is 2.55. The van der Waals surface area contributed by atoms with Crippen molar-refractivity contribution in [1.29, 1.82) is 0 Å². The van der Waals surface area contributed by atoms with Gasteiger partial charge in [-0.1, -0.05) is 6.07 Å². The predicted molar refractivity (Wildman–Crippen MR) is 112 cm³/mol. The maximum Gasteiger partial charge on any atom is 0.106 e. The lowest BCUT2D eigenvalue weighted by Crippen LogP contribution is -2.36. The summed E-state index contributed by atoms with van der Waals surface area (Å²) < 4.78 is 2.41. The average Bonchev–Trinajstić information content (AvgIpc) is 3.07. The number of aromatic nitrogens is 2. The lowest BCUT2D eigenvalue weighted by atomic mass is 9.95. The van der Waals surface area contributed by atoms with Gasteiger partial charge in [0.05, 0.1) is 6.54 Å². The van der Waals surface area contributed by atoms with E-state index in [1.54, 1.807) is 12.4 Å². The van der Waals surface area contributed by atoms with E-state index in [0.717, 1.165) is 12.0 Å². The predicted octanol–water partition coefficient (Wildman–Crippen LogP) is 4.25. The van der Waals surface area contributed by atoms with Crippen LogP contribution < -0.4 is 0 Å². The summed E-state index contributed by atoms with van der Waals surface area (Å²) in [6.07, 6.45) is 7.11. The molecule has 3 aromatic rings. The molecule has 3 unspecified atom stereocenters. The molecule has 0 amide bonds. The fourth-order valence-electron chi connectivity index (χ4n) is 5.37. The van der Waals surface area contributed by atoms with Crippen LogP contribution in [0.25, 0.3) is 10.9 Å². The minimum absolute atomic E-state index is 0.503. The molecule has 3 atom stereocenters. The largest absolute Gasteiger partial charge is 0.384 e. The van der Waals surface area contributed by atoms with Crippen LogP contribution in [-0.2, 0) is 18.6 Å². The Labute approximate surface area is 166 Å². The van der Waals surface area contributed by atoms with E-state index in [1.807, 2.05) is 19.1 Å². The van der Waals surface area contributed by atoms with Crippen LogP contribution in [-0.4, -0.2) is 32.6 Å². The molecule has 28 heavy (non-hydrogen) atoms. The summed E-state index contributed by atoms with van der Waals surface area (Å²) in [7, 11) is 2.28. The van der Waals surface area contributed by atoms with Crippen molar-refractivity contribution in [3.8, 4) is 0 Å². The van der Waals surface area contributed by atoms with Gasteiger partial charge in [0.25, 0.3) is 0 Å². The quantitative estimate of drug-likeness (QED) is 0.744. The summed E-state index contributed by atoms with van der Waals surface area (Å²) in [6.45, 7) is 6.85. The average molecular weight is 376 g/mol. The Kier molecular flexibility index (Phi) is 3.94. The Morgan fingerprint density at radius 1 is 1.21 bits per heavy atom. The van der Waals surface area contributed by atoms with E-state index < -0.39 is 5.60 Å². The molecule has 4 nitrogen and oxygen atoms in total. The maximum absolute atomic E-state index is 11.4. The van der Waals surface area contributed by atoms with Gasteiger partial charge in [-0.3, -0.25) is 9.88 Å². The van der Waals surface area contributed by atoms with Gasteiger partial charge in [0.15, 0.2) is 0 Å². The zero-order valence-corrected chi connectivity index (χ0v) is 17.2. The summed E-state index contributed by atoms with van der Waals surface area (Å²) in [5.74, 6) is 0. The van der Waals surface area contributed by atoms with E-state index in [9.17, 15) is 5.11 Å². The molecule has 1 N–H and O–H groups in total. The van der Waals surface area contributed by atoms with Gasteiger partial charge in [-0.2, -0.15) is 0 Å². The zero-order valence-electron chi connectivity index (χ0n) is 17.2. The zero-order chi connectivity index (χ0) is 19.6. The third-order valence-electron chi connectivity index (χ3n) is 7.18. The number of hydrogen-bond donors (Lipinski definition) is 1. The molecular weight excluding hydrogens is 346 g/mol. The molecule has 4 heteroatoms. The molecule has 1 saturated heterocycles. The number of aliphatic hydroxyl groups is 1. The van der Waals surface area contributed by atoms with Gasteiger partial charge in [-0.25, -0.2) is 0 Å². The second-order valence-electron chi connectivity index (χ2n) is 9.03. The Bertz CT molecular complexity index is 1050. The van der Waals surface area contributed by atoms with Gasteiger partial charge < -0.3 is 9.67 Å². The molecule has 146 valence electrons. The molecule has 1 fully saturated rings. The van der Waals surface area contributed by atoms with Gasteiger partial charge in [-0.15, -0.1) is 0 Å². The second-order valence-corrected chi connectivity index (χ2v) is 9.03. The topological polar surface area (TPSA) is 41.3 Å². The first kappa shape index (κ1) is 17.9. The van der Waals surface area contributed by atoms with Gasteiger partial charge in [0.1, 0.15) is 5.60 Å². The number of fused-ring (bicyclic) bond motifs is 6. The highest BCUT2D eigenvalue weighted by atomic mass is 16.3. The van der Waals surface area contributed by atoms with E-state index in [4.69, 9.17) is 0 Å². The number of aryl methyl sites for hydroxylation is 2. The van der Waals surface area contributed by atoms with Crippen molar-refractivity contribution >= 4 is 10.9 Å². The molecule has 2 bridgehead atoms. The standard InChI is InChI=1S/C24H29N3O/c1-15-10-19-21(11-16(15)2)27(14-24(3,28)17-6-5-9-25-13-17)22-12-18-7-8-20(23(19)22)26(18)4/h5-6,9-11,13,18,20,28H,7-8,12,14H2,1-4H3. The molecule has 4 heterocycles. The Balaban J connectivity index is 1.71. The molecule has 0 aliphatic carbocycles. The minimum Gasteiger partial charge on any atom is -0.384 e. The van der Waals surface area contributed by atoms with Crippen molar-refractivity contribution in [2.75, 3.05) is 7.05 Å². The minimum atomic E-state index is -0.963. The van der Waals surface area contributed by atoms with Crippen molar-refractivity contribution in [3.63, 3.8) is 0 Å². The lowest BCUT2D eigenvalue weighted by molar-refractivity contribution is 0.0378. The number of pyridine rings is 1. The van der Waals surface area contributed by atoms with Gasteiger partial charge in [-0.05, 0) is 75.5 Å². The second kappa shape index (κ2) is 6.16. The molecule has 2 aliphatic rings. The summed E-state index contributed by atoms with van der Waals surface area (Å²) in [5, 5.41) is 12.7. The van der Waals surface area contributed by atoms with Crippen LogP contribution >= 0.6 is 0 Å². The van der Waals surface area contributed by atoms with E-state index >= 15 is 0 Å². The van der Waals surface area contributed by atoms with Gasteiger partial charge >= 0.3 is 0 Å². The van der Waals surface area contributed by atoms with Crippen LogP contribution in [0.1, 0.15) is 53.8 Å². The highest BCUT2D eigenvalue weighted by Gasteiger charge is 2.41. The van der Waals surface area contributed by atoms with Crippen LogP contribution in [0.5, 0.6) is 0 Å². The molecule has 0 saturated carbocycles. The number of hydrogen-bond acceptors (Lipinski definition) is 3. The Morgan fingerprint density at radius 3 is 2.75 bits per heavy atom. The Morgan fingerprint density at radius 2 is 2.00 bits per heavy atom. The number of likely N-dealkylation sites (N-methyl/N-ethyl adjacent to an activating group) is 1. The molecule has 1 aromatic carbocycles. The van der Waals surface area contributed by atoms with Crippen molar-refractivity contribution in [1.82, 2.24) is 14.5 Å². The van der Waals surface area contributed by atoms with Crippen molar-refractivity contribution < 1.29 is 5.11 Å². The van der Waals surface area contributed by atoms with Crippen LogP contribution in [0.4, 0.5) is 0 Å². The summed E-state index contributed by atoms with van der Waals surface area (Å²) in [4.78, 5) is 6.79. The highest BCUT2D eigenvalue weighted by molar-refractivity contribution is 5.88. The van der Waals surface area contributed by atoms with Crippen molar-refractivity contribution in [2.45, 2.75) is 64.3 Å². The van der Waals surface area contributed by atoms with E-state index in [0.29, 0.717) is 18.6 Å². The van der Waals surface area contributed by atoms with E-state index in [1.165, 1.54) is 46.1 Å². The molecule has 2 aliphatic heterocycles. The fourth-order valence-corrected chi connectivity index (χ4v) is 5.37. The fraction of sp³-hybridized carbons (Fsp3) is 0.458. The number of rotatable bonds is 3. The summed E-state index contributed by atoms with van der Waals surface area (Å²) >= 11 is 0. The van der Waals surface area contributed by atoms with Crippen LogP contribution in [0, 0.1) is 13.8 Å². The molecule has 0 spiro atoms. The van der Waals surface area contributed by atoms with E-state index in [-0.39, 0.29) is 0 Å². The number of benzene rings is 1. The SMILES string of the molecule is Cc1cc2c3c(n(CC(C)(O)c4cccnc4)c2cc1C)CC1CCC3N1C. The summed E-state index contributed by atoms with van der Waals surface area (Å²) in [5.41, 5.74) is 6.74. The third-order valence-corrected chi connectivity index (χ3v) is 7.18.